The van der Waals surface area contributed by atoms with Crippen LogP contribution in [0, 0.1) is 0 Å². The van der Waals surface area contributed by atoms with E-state index in [1.807, 2.05) is 47.0 Å². The van der Waals surface area contributed by atoms with Crippen LogP contribution in [0.5, 0.6) is 5.75 Å². The highest BCUT2D eigenvalue weighted by Crippen LogP contribution is 2.27. The number of methoxy groups -OCH3 is 1. The summed E-state index contributed by atoms with van der Waals surface area (Å²) in [5.41, 5.74) is 9.50. The first-order chi connectivity index (χ1) is 17.6. The van der Waals surface area contributed by atoms with E-state index in [4.69, 9.17) is 22.1 Å². The minimum Gasteiger partial charge on any atom is -0.497 e. The van der Waals surface area contributed by atoms with E-state index >= 15 is 0 Å². The second-order valence-electron chi connectivity index (χ2n) is 8.08. The number of anilines is 1. The molecule has 0 aliphatic carbocycles. The predicted octanol–water partition coefficient (Wildman–Crippen LogP) is 3.83. The van der Waals surface area contributed by atoms with Crippen molar-refractivity contribution in [1.82, 2.24) is 24.5 Å². The number of halogens is 1. The van der Waals surface area contributed by atoms with Gasteiger partial charge < -0.3 is 25.6 Å². The van der Waals surface area contributed by atoms with Gasteiger partial charge in [-0.2, -0.15) is 0 Å². The number of nitrogens with zero attached hydrogens (tertiary/aromatic N) is 6. The monoisotopic (exact) mass is 502 g/mol. The van der Waals surface area contributed by atoms with Crippen molar-refractivity contribution in [2.24, 2.45) is 10.9 Å². The predicted molar refractivity (Wildman–Crippen MR) is 139 cm³/mol. The highest BCUT2D eigenvalue weighted by molar-refractivity contribution is 6.36. The smallest absolute Gasteiger partial charge is 0.189 e. The number of imidazole rings is 1. The van der Waals surface area contributed by atoms with Gasteiger partial charge in [0.05, 0.1) is 25.0 Å². The van der Waals surface area contributed by atoms with E-state index in [2.05, 4.69) is 30.4 Å². The molecule has 36 heavy (non-hydrogen) atoms. The van der Waals surface area contributed by atoms with Crippen LogP contribution in [-0.2, 0) is 13.0 Å². The third-order valence-corrected chi connectivity index (χ3v) is 6.11. The summed E-state index contributed by atoms with van der Waals surface area (Å²) in [6, 6.07) is 15.3. The Labute approximate surface area is 211 Å². The minimum atomic E-state index is -0.0946. The first-order valence-electron chi connectivity index (χ1n) is 11.2. The summed E-state index contributed by atoms with van der Waals surface area (Å²) in [5.74, 6) is 1.35. The van der Waals surface area contributed by atoms with Gasteiger partial charge in [0.15, 0.2) is 17.3 Å². The van der Waals surface area contributed by atoms with Gasteiger partial charge in [0, 0.05) is 24.0 Å². The Bertz CT molecular complexity index is 1570. The fourth-order valence-corrected chi connectivity index (χ4v) is 4.32. The Kier molecular flexibility index (Phi) is 6.50. The Morgan fingerprint density at radius 2 is 2.00 bits per heavy atom. The maximum Gasteiger partial charge on any atom is 0.189 e. The molecule has 0 amide bonds. The second-order valence-corrected chi connectivity index (χ2v) is 8.48. The van der Waals surface area contributed by atoms with Crippen LogP contribution in [0.1, 0.15) is 17.0 Å². The van der Waals surface area contributed by atoms with Crippen LogP contribution in [0.2, 0.25) is 5.02 Å². The summed E-state index contributed by atoms with van der Waals surface area (Å²) in [7, 11) is 1.65. The SMILES string of the molecule is COc1ccc(Cn2cnc3c(NCCc4cc5cccc(Cl)c5c(/C(N)=N/O)n4)ncnc32)cc1. The number of pyridine rings is 1. The zero-order valence-electron chi connectivity index (χ0n) is 19.4. The number of nitrogens with one attached hydrogen (secondary N) is 1. The molecule has 0 saturated carbocycles. The van der Waals surface area contributed by atoms with Gasteiger partial charge in [-0.15, -0.1) is 0 Å². The van der Waals surface area contributed by atoms with Gasteiger partial charge in [-0.25, -0.2) is 19.9 Å². The maximum atomic E-state index is 9.21. The topological polar surface area (TPSA) is 136 Å². The molecule has 4 N–H and O–H groups in total. The molecule has 10 nitrogen and oxygen atoms in total. The summed E-state index contributed by atoms with van der Waals surface area (Å²) in [5, 5.41) is 17.6. The number of fused-ring (bicyclic) bond motifs is 2. The van der Waals surface area contributed by atoms with Crippen molar-refractivity contribution >= 4 is 45.2 Å². The summed E-state index contributed by atoms with van der Waals surface area (Å²) in [4.78, 5) is 17.9. The largest absolute Gasteiger partial charge is 0.497 e. The Balaban J connectivity index is 1.34. The van der Waals surface area contributed by atoms with Crippen LogP contribution >= 0.6 is 11.6 Å². The van der Waals surface area contributed by atoms with E-state index < -0.39 is 0 Å². The van der Waals surface area contributed by atoms with Crippen LogP contribution in [0.15, 0.2) is 66.3 Å². The molecule has 0 bridgehead atoms. The lowest BCUT2D eigenvalue weighted by molar-refractivity contribution is 0.318. The van der Waals surface area contributed by atoms with Crippen molar-refractivity contribution in [2.75, 3.05) is 19.0 Å². The highest BCUT2D eigenvalue weighted by atomic mass is 35.5. The number of aromatic nitrogens is 5. The van der Waals surface area contributed by atoms with E-state index in [1.165, 1.54) is 6.33 Å². The molecule has 0 saturated heterocycles. The normalized spacial score (nSPS) is 11.8. The van der Waals surface area contributed by atoms with Crippen molar-refractivity contribution in [3.05, 3.63) is 83.2 Å². The number of benzene rings is 2. The zero-order valence-corrected chi connectivity index (χ0v) is 20.1. The Morgan fingerprint density at radius 3 is 2.78 bits per heavy atom. The first kappa shape index (κ1) is 23.3. The number of oxime groups is 1. The molecule has 3 aromatic heterocycles. The lowest BCUT2D eigenvalue weighted by atomic mass is 10.1. The van der Waals surface area contributed by atoms with Crippen LogP contribution in [0.25, 0.3) is 21.9 Å². The van der Waals surface area contributed by atoms with E-state index in [0.29, 0.717) is 46.9 Å². The molecule has 5 rings (SSSR count). The van der Waals surface area contributed by atoms with Gasteiger partial charge in [0.2, 0.25) is 0 Å². The molecule has 3 heterocycles. The molecule has 2 aromatic carbocycles. The van der Waals surface area contributed by atoms with Crippen molar-refractivity contribution < 1.29 is 9.94 Å². The van der Waals surface area contributed by atoms with E-state index in [-0.39, 0.29) is 5.84 Å². The van der Waals surface area contributed by atoms with Crippen LogP contribution in [0.3, 0.4) is 0 Å². The molecule has 182 valence electrons. The Hall–Kier alpha value is -4.44. The maximum absolute atomic E-state index is 9.21. The first-order valence-corrected chi connectivity index (χ1v) is 11.5. The molecular formula is C25H23ClN8O2. The molecule has 5 aromatic rings. The minimum absolute atomic E-state index is 0.0946. The fraction of sp³-hybridized carbons (Fsp3) is 0.160. The molecular weight excluding hydrogens is 480 g/mol. The standard InChI is InChI=1S/C25H23ClN8O2/c1-36-18-7-5-15(6-8-18)12-34-14-31-22-24(29-13-30-25(22)34)28-10-9-17-11-16-3-2-4-19(26)20(16)21(32-17)23(27)33-35/h2-8,11,13-14,35H,9-10,12H2,1H3,(H2,27,33)(H,28,29,30). The summed E-state index contributed by atoms with van der Waals surface area (Å²) >= 11 is 6.35. The van der Waals surface area contributed by atoms with Crippen LogP contribution in [-0.4, -0.2) is 49.2 Å². The Morgan fingerprint density at radius 1 is 1.17 bits per heavy atom. The molecule has 0 spiro atoms. The highest BCUT2D eigenvalue weighted by Gasteiger charge is 2.14. The van der Waals surface area contributed by atoms with E-state index in [0.717, 1.165) is 28.0 Å². The molecule has 0 atom stereocenters. The van der Waals surface area contributed by atoms with Gasteiger partial charge in [-0.05, 0) is 35.2 Å². The molecule has 0 radical (unpaired) electrons. The summed E-state index contributed by atoms with van der Waals surface area (Å²) in [6.07, 6.45) is 3.84. The number of rotatable bonds is 8. The average Bonchev–Trinajstić information content (AvgIpc) is 3.32. The quantitative estimate of drug-likeness (QED) is 0.126. The van der Waals surface area contributed by atoms with Crippen molar-refractivity contribution in [2.45, 2.75) is 13.0 Å². The number of nitrogens with two attached hydrogens (primary N) is 1. The third-order valence-electron chi connectivity index (χ3n) is 5.80. The molecule has 0 fully saturated rings. The van der Waals surface area contributed by atoms with Crippen LogP contribution in [0.4, 0.5) is 5.82 Å². The lowest BCUT2D eigenvalue weighted by Gasteiger charge is -2.11. The van der Waals surface area contributed by atoms with Crippen molar-refractivity contribution in [1.29, 1.82) is 0 Å². The molecule has 11 heteroatoms. The molecule has 0 aliphatic heterocycles. The summed E-state index contributed by atoms with van der Waals surface area (Å²) < 4.78 is 7.20. The van der Waals surface area contributed by atoms with Gasteiger partial charge in [-0.1, -0.05) is 41.0 Å². The second kappa shape index (κ2) is 10.0. The van der Waals surface area contributed by atoms with Crippen molar-refractivity contribution in [3.63, 3.8) is 0 Å². The van der Waals surface area contributed by atoms with E-state index in [9.17, 15) is 5.21 Å². The third kappa shape index (κ3) is 4.58. The number of ether oxygens (including phenoxy) is 1. The zero-order chi connectivity index (χ0) is 25.1. The van der Waals surface area contributed by atoms with Gasteiger partial charge in [0.1, 0.15) is 23.3 Å². The molecule has 0 unspecified atom stereocenters. The number of hydrogen-bond acceptors (Lipinski definition) is 8. The fourth-order valence-electron chi connectivity index (χ4n) is 4.05. The van der Waals surface area contributed by atoms with Gasteiger partial charge in [0.25, 0.3) is 0 Å². The van der Waals surface area contributed by atoms with Crippen LogP contribution < -0.4 is 15.8 Å². The molecule has 0 aliphatic rings. The summed E-state index contributed by atoms with van der Waals surface area (Å²) in [6.45, 7) is 1.16. The average molecular weight is 503 g/mol. The number of amidine groups is 1. The number of hydrogen-bond donors (Lipinski definition) is 3. The van der Waals surface area contributed by atoms with Gasteiger partial charge in [-0.3, -0.25) is 0 Å². The van der Waals surface area contributed by atoms with Gasteiger partial charge >= 0.3 is 0 Å². The van der Waals surface area contributed by atoms with E-state index in [1.54, 1.807) is 19.5 Å². The lowest BCUT2D eigenvalue weighted by Crippen LogP contribution is -2.17. The van der Waals surface area contributed by atoms with Crippen molar-refractivity contribution in [3.8, 4) is 5.75 Å².